The number of nitro groups is 4. The smallest absolute Gasteiger partial charge is 0.622 e. The number of nitrogens with zero attached hydrogens (tertiary/aromatic N) is 8. The summed E-state index contributed by atoms with van der Waals surface area (Å²) in [6.45, 7) is 0. The Balaban J connectivity index is 0.000000224. The van der Waals surface area contributed by atoms with Crippen LogP contribution in [0.25, 0.3) is 32.4 Å². The van der Waals surface area contributed by atoms with Crippen molar-refractivity contribution in [1.82, 2.24) is 9.97 Å². The van der Waals surface area contributed by atoms with Crippen LogP contribution in [0.1, 0.15) is 20.7 Å². The summed E-state index contributed by atoms with van der Waals surface area (Å²) in [7, 11) is 0. The molecule has 0 saturated carbocycles. The molecule has 4 aromatic carbocycles. The molecule has 0 bridgehead atoms. The molecule has 51 heavy (non-hydrogen) atoms. The fourth-order valence-corrected chi connectivity index (χ4v) is 4.79. The largest absolute Gasteiger partial charge is 2.00 e. The van der Waals surface area contributed by atoms with E-state index in [9.17, 15) is 50.0 Å². The molecule has 0 aliphatic heterocycles. The average molecular weight is 740 g/mol. The zero-order valence-corrected chi connectivity index (χ0v) is 28.7. The number of carbonyl (C=O) groups excluding carboxylic acids is 2. The van der Waals surface area contributed by atoms with Gasteiger partial charge in [0.2, 0.25) is 0 Å². The van der Waals surface area contributed by atoms with Crippen molar-refractivity contribution in [3.63, 3.8) is 0 Å². The standard InChI is InChI=1S/2C16H10N4O5.Zn/c2*21-16(18-10-5-2-1-3-6-10)14-13(20(24)25)9-12(19(22)23)11-7-4-8-17-15(11)14;/h2*1-9H,(H,18,21);/q;;+2/p-2. The summed E-state index contributed by atoms with van der Waals surface area (Å²) in [5.74, 6) is -1.78. The Morgan fingerprint density at radius 1 is 0.490 bits per heavy atom. The van der Waals surface area contributed by atoms with Gasteiger partial charge in [-0.25, -0.2) is 0 Å². The third-order valence-corrected chi connectivity index (χ3v) is 6.89. The Hall–Kier alpha value is -7.14. The van der Waals surface area contributed by atoms with Crippen molar-refractivity contribution in [1.29, 1.82) is 0 Å². The molecule has 0 radical (unpaired) electrons. The fraction of sp³-hybridized carbons (Fsp3) is 0. The summed E-state index contributed by atoms with van der Waals surface area (Å²) in [5, 5.41) is 52.9. The van der Waals surface area contributed by atoms with Crippen LogP contribution in [-0.2, 0) is 19.5 Å². The molecule has 6 rings (SSSR count). The minimum atomic E-state index is -0.892. The van der Waals surface area contributed by atoms with Gasteiger partial charge in [0.1, 0.15) is 11.1 Å². The van der Waals surface area contributed by atoms with E-state index < -0.39 is 54.3 Å². The molecule has 248 valence electrons. The molecule has 0 saturated heterocycles. The molecular weight excluding hydrogens is 722 g/mol. The van der Waals surface area contributed by atoms with Crippen LogP contribution in [0.2, 0.25) is 0 Å². The van der Waals surface area contributed by atoms with Crippen molar-refractivity contribution < 1.29 is 48.8 Å². The van der Waals surface area contributed by atoms with E-state index in [2.05, 4.69) is 20.6 Å². The van der Waals surface area contributed by atoms with Gasteiger partial charge in [0.25, 0.3) is 22.7 Å². The number of hydrogen-bond donors (Lipinski definition) is 0. The van der Waals surface area contributed by atoms with E-state index in [-0.39, 0.29) is 52.4 Å². The molecule has 0 aliphatic carbocycles. The molecule has 0 atom stereocenters. The van der Waals surface area contributed by atoms with Crippen LogP contribution < -0.4 is 0 Å². The van der Waals surface area contributed by atoms with Crippen molar-refractivity contribution >= 4 is 67.7 Å². The maximum absolute atomic E-state index is 12.6. The Morgan fingerprint density at radius 2 is 0.824 bits per heavy atom. The minimum Gasteiger partial charge on any atom is -0.622 e. The summed E-state index contributed by atoms with van der Waals surface area (Å²) in [5.41, 5.74) is -2.80. The molecular formula is C32H18N8O10Zn. The molecule has 19 heteroatoms. The molecule has 0 N–H and O–H groups in total. The summed E-state index contributed by atoms with van der Waals surface area (Å²) >= 11 is 0. The number of hydrogen-bond acceptors (Lipinski definition) is 12. The van der Waals surface area contributed by atoms with Crippen LogP contribution in [0, 0.1) is 40.5 Å². The molecule has 0 spiro atoms. The summed E-state index contributed by atoms with van der Waals surface area (Å²) in [6, 6.07) is 23.5. The number of amides is 2. The zero-order chi connectivity index (χ0) is 35.9. The van der Waals surface area contributed by atoms with Gasteiger partial charge < -0.3 is 20.2 Å². The van der Waals surface area contributed by atoms with Crippen LogP contribution in [0.5, 0.6) is 0 Å². The molecule has 0 aliphatic rings. The summed E-state index contributed by atoms with van der Waals surface area (Å²) < 4.78 is 0. The van der Waals surface area contributed by atoms with Crippen molar-refractivity contribution in [3.8, 4) is 0 Å². The first kappa shape index (κ1) is 36.7. The molecule has 0 unspecified atom stereocenters. The number of benzene rings is 4. The Bertz CT molecular complexity index is 2180. The maximum atomic E-state index is 12.6. The first-order valence-electron chi connectivity index (χ1n) is 14.0. The van der Waals surface area contributed by atoms with Crippen molar-refractivity contribution in [2.24, 2.45) is 0 Å². The number of pyridine rings is 2. The van der Waals surface area contributed by atoms with E-state index in [4.69, 9.17) is 0 Å². The SMILES string of the molecule is O=C([N-]c1ccccc1)c1c([N+](=O)[O-])cc([N+](=O)[O-])c2cccnc12.O=C([N-]c1ccccc1)c1c([N+](=O)[O-])cc([N+](=O)[O-])c2cccnc12.[Zn+2]. The predicted octanol–water partition coefficient (Wildman–Crippen LogP) is 7.79. The number of carbonyl (C=O) groups is 2. The second kappa shape index (κ2) is 15.8. The zero-order valence-electron chi connectivity index (χ0n) is 25.8. The second-order valence-corrected chi connectivity index (χ2v) is 9.91. The summed E-state index contributed by atoms with van der Waals surface area (Å²) in [6.07, 6.45) is 2.60. The average Bonchev–Trinajstić information content (AvgIpc) is 3.10. The van der Waals surface area contributed by atoms with Crippen molar-refractivity contribution in [2.45, 2.75) is 0 Å². The van der Waals surface area contributed by atoms with Gasteiger partial charge in [-0.15, -0.1) is 11.4 Å². The van der Waals surface area contributed by atoms with E-state index in [1.54, 1.807) is 60.7 Å². The predicted molar refractivity (Wildman–Crippen MR) is 178 cm³/mol. The Kier molecular flexibility index (Phi) is 11.4. The number of fused-ring (bicyclic) bond motifs is 2. The van der Waals surface area contributed by atoms with Crippen LogP contribution in [-0.4, -0.2) is 41.5 Å². The molecule has 0 fully saturated rings. The van der Waals surface area contributed by atoms with Gasteiger partial charge in [0.15, 0.2) is 0 Å². The molecule has 2 aromatic heterocycles. The van der Waals surface area contributed by atoms with Gasteiger partial charge in [0.05, 0.1) is 65.4 Å². The first-order valence-corrected chi connectivity index (χ1v) is 14.0. The van der Waals surface area contributed by atoms with Gasteiger partial charge in [-0.3, -0.25) is 50.4 Å². The number of aromatic nitrogens is 2. The quantitative estimate of drug-likeness (QED) is 0.0822. The normalized spacial score (nSPS) is 10.2. The van der Waals surface area contributed by atoms with Crippen LogP contribution in [0.4, 0.5) is 34.1 Å². The number of non-ortho nitro benzene ring substituents is 2. The van der Waals surface area contributed by atoms with E-state index >= 15 is 0 Å². The second-order valence-electron chi connectivity index (χ2n) is 9.91. The minimum absolute atomic E-state index is 0. The van der Waals surface area contributed by atoms with Crippen LogP contribution in [0.15, 0.2) is 109 Å². The van der Waals surface area contributed by atoms with E-state index in [1.165, 1.54) is 36.7 Å². The van der Waals surface area contributed by atoms with Crippen LogP contribution >= 0.6 is 0 Å². The fourth-order valence-electron chi connectivity index (χ4n) is 4.79. The Morgan fingerprint density at radius 3 is 1.14 bits per heavy atom. The number of para-hydroxylation sites is 2. The summed E-state index contributed by atoms with van der Waals surface area (Å²) in [4.78, 5) is 74.9. The van der Waals surface area contributed by atoms with Gasteiger partial charge in [-0.05, 0) is 24.3 Å². The van der Waals surface area contributed by atoms with Crippen LogP contribution in [0.3, 0.4) is 0 Å². The topological polar surface area (TPSA) is 261 Å². The first-order chi connectivity index (χ1) is 24.0. The molecule has 2 heterocycles. The van der Waals surface area contributed by atoms with Gasteiger partial charge in [-0.2, -0.15) is 0 Å². The molecule has 18 nitrogen and oxygen atoms in total. The number of rotatable bonds is 8. The van der Waals surface area contributed by atoms with E-state index in [0.717, 1.165) is 12.1 Å². The van der Waals surface area contributed by atoms with Gasteiger partial charge in [-0.1, -0.05) is 60.7 Å². The van der Waals surface area contributed by atoms with Crippen molar-refractivity contribution in [2.75, 3.05) is 0 Å². The third kappa shape index (κ3) is 7.95. The van der Waals surface area contributed by atoms with Gasteiger partial charge in [0, 0.05) is 12.4 Å². The Labute approximate surface area is 297 Å². The molecule has 6 aromatic rings. The van der Waals surface area contributed by atoms with Gasteiger partial charge >= 0.3 is 19.5 Å². The van der Waals surface area contributed by atoms with Crippen molar-refractivity contribution in [3.05, 3.63) is 172 Å². The third-order valence-electron chi connectivity index (χ3n) is 6.89. The van der Waals surface area contributed by atoms with E-state index in [0.29, 0.717) is 11.4 Å². The number of nitro benzene ring substituents is 4. The molecule has 2 amide bonds. The van der Waals surface area contributed by atoms with E-state index in [1.807, 2.05) is 0 Å². The monoisotopic (exact) mass is 738 g/mol. The maximum Gasteiger partial charge on any atom is 2.00 e.